The summed E-state index contributed by atoms with van der Waals surface area (Å²) in [6, 6.07) is 19.9. The molecule has 0 atom stereocenters. The van der Waals surface area contributed by atoms with Crippen molar-refractivity contribution in [3.63, 3.8) is 0 Å². The van der Waals surface area contributed by atoms with Gasteiger partial charge in [-0.05, 0) is 48.5 Å². The molecule has 0 bridgehead atoms. The maximum Gasteiger partial charge on any atom is 0.255 e. The number of amides is 1. The third-order valence-electron chi connectivity index (χ3n) is 4.47. The minimum Gasteiger partial charge on any atom is -0.496 e. The van der Waals surface area contributed by atoms with Crippen LogP contribution in [-0.2, 0) is 16.6 Å². The molecule has 0 aliphatic heterocycles. The number of hydrogen-bond acceptors (Lipinski definition) is 4. The second kappa shape index (κ2) is 9.30. The van der Waals surface area contributed by atoms with Crippen molar-refractivity contribution in [3.8, 4) is 5.75 Å². The van der Waals surface area contributed by atoms with Gasteiger partial charge in [0.2, 0.25) is 10.0 Å². The van der Waals surface area contributed by atoms with Gasteiger partial charge in [0.1, 0.15) is 5.75 Å². The number of anilines is 1. The number of carbonyl (C=O) groups is 1. The molecule has 0 aromatic heterocycles. The third-order valence-corrected chi connectivity index (χ3v) is 6.52. The molecule has 0 saturated carbocycles. The van der Waals surface area contributed by atoms with Crippen LogP contribution in [0, 0.1) is 0 Å². The molecule has 3 rings (SSSR count). The van der Waals surface area contributed by atoms with Gasteiger partial charge in [0.15, 0.2) is 0 Å². The van der Waals surface area contributed by atoms with E-state index in [1.54, 1.807) is 60.7 Å². The summed E-state index contributed by atoms with van der Waals surface area (Å²) >= 11 is 5.96. The lowest BCUT2D eigenvalue weighted by molar-refractivity contribution is 0.102. The standard InChI is InChI=1S/C22H21ClN2O4S/c1-25(30(27,28)20-9-4-3-5-10-20)15-17-13-16(11-12-21(17)29-2)22(26)24-19-8-6-7-18(23)14-19/h3-14H,15H2,1-2H3,(H,24,26). The van der Waals surface area contributed by atoms with Crippen molar-refractivity contribution in [1.82, 2.24) is 4.31 Å². The summed E-state index contributed by atoms with van der Waals surface area (Å²) < 4.78 is 32.2. The highest BCUT2D eigenvalue weighted by Crippen LogP contribution is 2.25. The number of carbonyl (C=O) groups excluding carboxylic acids is 1. The van der Waals surface area contributed by atoms with Crippen LogP contribution in [0.3, 0.4) is 0 Å². The fourth-order valence-electron chi connectivity index (χ4n) is 2.91. The predicted octanol–water partition coefficient (Wildman–Crippen LogP) is 4.42. The number of sulfonamides is 1. The van der Waals surface area contributed by atoms with Crippen molar-refractivity contribution >= 4 is 33.2 Å². The molecule has 1 amide bonds. The summed E-state index contributed by atoms with van der Waals surface area (Å²) in [4.78, 5) is 12.9. The quantitative estimate of drug-likeness (QED) is 0.585. The Morgan fingerprint density at radius 2 is 1.77 bits per heavy atom. The van der Waals surface area contributed by atoms with Crippen LogP contribution in [0.1, 0.15) is 15.9 Å². The molecule has 0 aliphatic carbocycles. The van der Waals surface area contributed by atoms with E-state index in [2.05, 4.69) is 5.32 Å². The Hall–Kier alpha value is -2.87. The van der Waals surface area contributed by atoms with Crippen LogP contribution in [0.15, 0.2) is 77.7 Å². The fourth-order valence-corrected chi connectivity index (χ4v) is 4.27. The number of hydrogen-bond donors (Lipinski definition) is 1. The normalized spacial score (nSPS) is 11.3. The Morgan fingerprint density at radius 3 is 2.43 bits per heavy atom. The first-order valence-corrected chi connectivity index (χ1v) is 10.9. The SMILES string of the molecule is COc1ccc(C(=O)Nc2cccc(Cl)c2)cc1CN(C)S(=O)(=O)c1ccccc1. The van der Waals surface area contributed by atoms with E-state index in [0.717, 1.165) is 0 Å². The van der Waals surface area contributed by atoms with Crippen molar-refractivity contribution in [2.24, 2.45) is 0 Å². The van der Waals surface area contributed by atoms with Crippen molar-refractivity contribution in [2.45, 2.75) is 11.4 Å². The minimum absolute atomic E-state index is 0.0404. The molecule has 156 valence electrons. The van der Waals surface area contributed by atoms with Gasteiger partial charge in [0.05, 0.1) is 12.0 Å². The molecular weight excluding hydrogens is 424 g/mol. The molecule has 30 heavy (non-hydrogen) atoms. The Labute approximate surface area is 181 Å². The van der Waals surface area contributed by atoms with Crippen LogP contribution in [0.2, 0.25) is 5.02 Å². The first-order chi connectivity index (χ1) is 14.3. The van der Waals surface area contributed by atoms with Crippen molar-refractivity contribution < 1.29 is 17.9 Å². The molecule has 0 unspecified atom stereocenters. The summed E-state index contributed by atoms with van der Waals surface area (Å²) in [7, 11) is -0.703. The molecule has 0 fully saturated rings. The van der Waals surface area contributed by atoms with Gasteiger partial charge in [0, 0.05) is 35.4 Å². The Morgan fingerprint density at radius 1 is 1.03 bits per heavy atom. The molecular formula is C22H21ClN2O4S. The smallest absolute Gasteiger partial charge is 0.255 e. The molecule has 3 aromatic rings. The minimum atomic E-state index is -3.69. The summed E-state index contributed by atoms with van der Waals surface area (Å²) in [5.74, 6) is 0.152. The summed E-state index contributed by atoms with van der Waals surface area (Å²) in [5.41, 5.74) is 1.50. The first kappa shape index (κ1) is 21.8. The molecule has 0 aliphatic rings. The van der Waals surface area contributed by atoms with Gasteiger partial charge in [-0.25, -0.2) is 8.42 Å². The number of nitrogens with one attached hydrogen (secondary N) is 1. The summed E-state index contributed by atoms with van der Waals surface area (Å²) in [5, 5.41) is 3.29. The lowest BCUT2D eigenvalue weighted by Gasteiger charge is -2.19. The molecule has 8 heteroatoms. The number of ether oxygens (including phenoxy) is 1. The Balaban J connectivity index is 1.85. The predicted molar refractivity (Wildman–Crippen MR) is 117 cm³/mol. The highest BCUT2D eigenvalue weighted by molar-refractivity contribution is 7.89. The van der Waals surface area contributed by atoms with E-state index in [-0.39, 0.29) is 17.3 Å². The number of benzene rings is 3. The number of rotatable bonds is 7. The Bertz CT molecular complexity index is 1150. The zero-order chi connectivity index (χ0) is 21.7. The molecule has 6 nitrogen and oxygen atoms in total. The van der Waals surface area contributed by atoms with Crippen LogP contribution in [0.4, 0.5) is 5.69 Å². The van der Waals surface area contributed by atoms with Gasteiger partial charge in [-0.2, -0.15) is 4.31 Å². The van der Waals surface area contributed by atoms with E-state index in [1.807, 2.05) is 0 Å². The summed E-state index contributed by atoms with van der Waals surface area (Å²) in [6.45, 7) is 0.0404. The van der Waals surface area contributed by atoms with Gasteiger partial charge in [-0.15, -0.1) is 0 Å². The van der Waals surface area contributed by atoms with Crippen LogP contribution in [0.5, 0.6) is 5.75 Å². The largest absolute Gasteiger partial charge is 0.496 e. The molecule has 0 saturated heterocycles. The third kappa shape index (κ3) is 4.99. The van der Waals surface area contributed by atoms with Crippen LogP contribution >= 0.6 is 11.6 Å². The van der Waals surface area contributed by atoms with Crippen LogP contribution in [-0.4, -0.2) is 32.8 Å². The number of methoxy groups -OCH3 is 1. The van der Waals surface area contributed by atoms with Crippen molar-refractivity contribution in [2.75, 3.05) is 19.5 Å². The molecule has 0 heterocycles. The van der Waals surface area contributed by atoms with Crippen molar-refractivity contribution in [1.29, 1.82) is 0 Å². The highest BCUT2D eigenvalue weighted by atomic mass is 35.5. The maximum absolute atomic E-state index is 12.8. The second-order valence-electron chi connectivity index (χ2n) is 6.57. The number of halogens is 1. The number of nitrogens with zero attached hydrogens (tertiary/aromatic N) is 1. The van der Waals surface area contributed by atoms with Gasteiger partial charge >= 0.3 is 0 Å². The van der Waals surface area contributed by atoms with Gasteiger partial charge in [-0.3, -0.25) is 4.79 Å². The second-order valence-corrected chi connectivity index (χ2v) is 9.05. The van der Waals surface area contributed by atoms with Gasteiger partial charge in [-0.1, -0.05) is 35.9 Å². The highest BCUT2D eigenvalue weighted by Gasteiger charge is 2.22. The lowest BCUT2D eigenvalue weighted by Crippen LogP contribution is -2.27. The van der Waals surface area contributed by atoms with Gasteiger partial charge < -0.3 is 10.1 Å². The van der Waals surface area contributed by atoms with E-state index in [1.165, 1.54) is 30.6 Å². The van der Waals surface area contributed by atoms with E-state index in [4.69, 9.17) is 16.3 Å². The van der Waals surface area contributed by atoms with E-state index in [9.17, 15) is 13.2 Å². The maximum atomic E-state index is 12.8. The van der Waals surface area contributed by atoms with Crippen LogP contribution in [0.25, 0.3) is 0 Å². The van der Waals surface area contributed by atoms with E-state index >= 15 is 0 Å². The van der Waals surface area contributed by atoms with Crippen molar-refractivity contribution in [3.05, 3.63) is 88.9 Å². The monoisotopic (exact) mass is 444 g/mol. The molecule has 0 radical (unpaired) electrons. The van der Waals surface area contributed by atoms with Crippen LogP contribution < -0.4 is 10.1 Å². The average molecular weight is 445 g/mol. The zero-order valence-corrected chi connectivity index (χ0v) is 18.1. The van der Waals surface area contributed by atoms with Gasteiger partial charge in [0.25, 0.3) is 5.91 Å². The first-order valence-electron chi connectivity index (χ1n) is 9.06. The molecule has 3 aromatic carbocycles. The zero-order valence-electron chi connectivity index (χ0n) is 16.5. The Kier molecular flexibility index (Phi) is 6.77. The fraction of sp³-hybridized carbons (Fsp3) is 0.136. The summed E-state index contributed by atoms with van der Waals surface area (Å²) in [6.07, 6.45) is 0. The van der Waals surface area contributed by atoms with E-state index < -0.39 is 10.0 Å². The molecule has 0 spiro atoms. The average Bonchev–Trinajstić information content (AvgIpc) is 2.74. The van der Waals surface area contributed by atoms with E-state index in [0.29, 0.717) is 27.6 Å². The molecule has 1 N–H and O–H groups in total. The lowest BCUT2D eigenvalue weighted by atomic mass is 10.1. The topological polar surface area (TPSA) is 75.7 Å².